The number of aromatic nitrogens is 1. The number of esters is 1. The Bertz CT molecular complexity index is 1350. The van der Waals surface area contributed by atoms with Crippen LogP contribution in [0.3, 0.4) is 0 Å². The molecule has 5 bridgehead atoms. The molecule has 40 heavy (non-hydrogen) atoms. The molecule has 9 heteroatoms. The zero-order valence-electron chi connectivity index (χ0n) is 23.7. The van der Waals surface area contributed by atoms with Gasteiger partial charge in [0.2, 0.25) is 5.91 Å². The number of amides is 2. The molecule has 1 aromatic carbocycles. The van der Waals surface area contributed by atoms with Crippen molar-refractivity contribution in [3.63, 3.8) is 0 Å². The smallest absolute Gasteiger partial charge is 0.325 e. The molecule has 0 spiro atoms. The van der Waals surface area contributed by atoms with Gasteiger partial charge in [-0.1, -0.05) is 44.7 Å². The van der Waals surface area contributed by atoms with E-state index in [9.17, 15) is 14.4 Å². The summed E-state index contributed by atoms with van der Waals surface area (Å²) in [5.41, 5.74) is 4.76. The highest BCUT2D eigenvalue weighted by molar-refractivity contribution is 5.90. The number of hydrogen-bond donors (Lipinski definition) is 3. The summed E-state index contributed by atoms with van der Waals surface area (Å²) < 4.78 is 5.81. The lowest BCUT2D eigenvalue weighted by Crippen LogP contribution is -2.60. The van der Waals surface area contributed by atoms with Gasteiger partial charge in [0, 0.05) is 29.2 Å². The molecule has 3 heterocycles. The van der Waals surface area contributed by atoms with Gasteiger partial charge in [-0.2, -0.15) is 0 Å². The third kappa shape index (κ3) is 6.59. The summed E-state index contributed by atoms with van der Waals surface area (Å²) >= 11 is 0. The standard InChI is InChI=1S/C31H39N5O4/c1-7-9-26-28(37)33-19(2)29(38)36-15-8-10-27(35-36)30(39)40-20(3)22-11-12-23-18-32-25(17-24(23)16-22)13-14-31(5,6)21(4)34-26/h7,11-14,16-20,26-27,34-35H,1,4,8-10,15H2,2-3,5-6H3,(H,33,37)/b14-13+/t19-,20+,26-,27-/m0/s1. The average Bonchev–Trinajstić information content (AvgIpc) is 2.94. The Balaban J connectivity index is 1.70. The molecule has 0 unspecified atom stereocenters. The van der Waals surface area contributed by atoms with E-state index in [-0.39, 0.29) is 11.8 Å². The monoisotopic (exact) mass is 545 g/mol. The number of allylic oxidation sites excluding steroid dienone is 1. The second-order valence-electron chi connectivity index (χ2n) is 11.1. The van der Waals surface area contributed by atoms with Gasteiger partial charge in [-0.05, 0) is 62.3 Å². The van der Waals surface area contributed by atoms with Crippen molar-refractivity contribution in [2.45, 2.75) is 71.2 Å². The first kappa shape index (κ1) is 29.0. The highest BCUT2D eigenvalue weighted by Crippen LogP contribution is 2.28. The van der Waals surface area contributed by atoms with E-state index in [4.69, 9.17) is 4.74 Å². The lowest BCUT2D eigenvalue weighted by Gasteiger charge is -2.35. The summed E-state index contributed by atoms with van der Waals surface area (Å²) in [7, 11) is 0. The quantitative estimate of drug-likeness (QED) is 0.387. The largest absolute Gasteiger partial charge is 0.457 e. The maximum absolute atomic E-state index is 13.2. The van der Waals surface area contributed by atoms with Gasteiger partial charge in [0.15, 0.2) is 0 Å². The molecule has 3 N–H and O–H groups in total. The second kappa shape index (κ2) is 12.0. The van der Waals surface area contributed by atoms with E-state index in [1.165, 1.54) is 5.01 Å². The first-order valence-corrected chi connectivity index (χ1v) is 13.7. The van der Waals surface area contributed by atoms with Crippen molar-refractivity contribution < 1.29 is 19.1 Å². The van der Waals surface area contributed by atoms with Gasteiger partial charge < -0.3 is 15.4 Å². The zero-order chi connectivity index (χ0) is 29.0. The van der Waals surface area contributed by atoms with Crippen molar-refractivity contribution in [1.29, 1.82) is 0 Å². The Kier molecular flexibility index (Phi) is 8.73. The van der Waals surface area contributed by atoms with E-state index in [0.29, 0.717) is 31.5 Å². The summed E-state index contributed by atoms with van der Waals surface area (Å²) in [6.45, 7) is 15.9. The fraction of sp³-hybridized carbons (Fsp3) is 0.419. The van der Waals surface area contributed by atoms with Crippen molar-refractivity contribution in [3.8, 4) is 0 Å². The number of rotatable bonds is 2. The number of nitrogens with one attached hydrogen (secondary N) is 3. The number of fused-ring (bicyclic) bond motifs is 4. The maximum Gasteiger partial charge on any atom is 0.325 e. The van der Waals surface area contributed by atoms with Crippen LogP contribution in [0.1, 0.15) is 64.3 Å². The minimum Gasteiger partial charge on any atom is -0.457 e. The summed E-state index contributed by atoms with van der Waals surface area (Å²) in [5, 5.41) is 9.39. The van der Waals surface area contributed by atoms with Crippen molar-refractivity contribution in [1.82, 2.24) is 26.1 Å². The Morgan fingerprint density at radius 3 is 2.67 bits per heavy atom. The highest BCUT2D eigenvalue weighted by atomic mass is 16.5. The van der Waals surface area contributed by atoms with Crippen molar-refractivity contribution >= 4 is 34.6 Å². The van der Waals surface area contributed by atoms with E-state index in [1.54, 1.807) is 13.0 Å². The number of hydrazine groups is 1. The lowest BCUT2D eigenvalue weighted by atomic mass is 9.88. The molecule has 0 aliphatic carbocycles. The highest BCUT2D eigenvalue weighted by Gasteiger charge is 2.33. The van der Waals surface area contributed by atoms with Crippen LogP contribution in [0.25, 0.3) is 16.8 Å². The third-order valence-electron chi connectivity index (χ3n) is 7.51. The van der Waals surface area contributed by atoms with Crippen molar-refractivity contribution in [2.75, 3.05) is 6.54 Å². The molecule has 1 fully saturated rings. The number of benzene rings is 1. The van der Waals surface area contributed by atoms with Crippen LogP contribution in [0.5, 0.6) is 0 Å². The normalized spacial score (nSPS) is 26.9. The zero-order valence-corrected chi connectivity index (χ0v) is 23.7. The fourth-order valence-electron chi connectivity index (χ4n) is 4.76. The van der Waals surface area contributed by atoms with E-state index >= 15 is 0 Å². The van der Waals surface area contributed by atoms with Gasteiger partial charge in [0.25, 0.3) is 5.91 Å². The van der Waals surface area contributed by atoms with Crippen LogP contribution in [-0.4, -0.2) is 52.4 Å². The van der Waals surface area contributed by atoms with Crippen LogP contribution in [0.4, 0.5) is 0 Å². The molecular weight excluding hydrogens is 506 g/mol. The maximum atomic E-state index is 13.2. The fourth-order valence-corrected chi connectivity index (χ4v) is 4.76. The van der Waals surface area contributed by atoms with E-state index in [1.807, 2.05) is 63.4 Å². The second-order valence-corrected chi connectivity index (χ2v) is 11.1. The Labute approximate surface area is 235 Å². The first-order valence-electron chi connectivity index (χ1n) is 13.7. The molecule has 4 rings (SSSR count). The number of ether oxygens (including phenoxy) is 1. The number of hydrogen-bond acceptors (Lipinski definition) is 7. The molecule has 212 valence electrons. The van der Waals surface area contributed by atoms with Crippen LogP contribution >= 0.6 is 0 Å². The summed E-state index contributed by atoms with van der Waals surface area (Å²) in [6.07, 6.45) is 8.40. The van der Waals surface area contributed by atoms with Gasteiger partial charge in [0.05, 0.1) is 5.69 Å². The third-order valence-corrected chi connectivity index (χ3v) is 7.51. The Morgan fingerprint density at radius 2 is 1.93 bits per heavy atom. The molecule has 2 aliphatic rings. The lowest BCUT2D eigenvalue weighted by molar-refractivity contribution is -0.157. The minimum absolute atomic E-state index is 0.332. The molecule has 2 amide bonds. The first-order chi connectivity index (χ1) is 19.0. The summed E-state index contributed by atoms with van der Waals surface area (Å²) in [5.74, 6) is -1.11. The topological polar surface area (TPSA) is 113 Å². The van der Waals surface area contributed by atoms with E-state index < -0.39 is 35.6 Å². The molecule has 9 nitrogen and oxygen atoms in total. The van der Waals surface area contributed by atoms with Gasteiger partial charge in [-0.3, -0.25) is 24.4 Å². The van der Waals surface area contributed by atoms with Crippen molar-refractivity contribution in [2.24, 2.45) is 5.41 Å². The van der Waals surface area contributed by atoms with Crippen LogP contribution < -0.4 is 16.1 Å². The molecule has 0 saturated carbocycles. The van der Waals surface area contributed by atoms with Gasteiger partial charge in [-0.15, -0.1) is 6.58 Å². The number of pyridine rings is 1. The SMILES string of the molecule is C=CC[C@@H]1NC(=C)C(C)(C)/C=C/c2cc3cc(ccc3cn2)[C@@H](C)OC(=O)[C@@H]2CCCN(N2)C(=O)[C@H](C)NC1=O. The number of cyclic esters (lactones) is 1. The Hall–Kier alpha value is -3.98. The molecule has 1 aromatic heterocycles. The minimum atomic E-state index is -0.817. The molecular formula is C31H39N5O4. The molecule has 4 atom stereocenters. The van der Waals surface area contributed by atoms with Crippen LogP contribution in [0.15, 0.2) is 61.5 Å². The number of nitrogens with zero attached hydrogens (tertiary/aromatic N) is 2. The van der Waals surface area contributed by atoms with Gasteiger partial charge in [-0.25, -0.2) is 5.43 Å². The molecule has 0 radical (unpaired) electrons. The number of carbonyl (C=O) groups is 3. The predicted molar refractivity (Wildman–Crippen MR) is 155 cm³/mol. The van der Waals surface area contributed by atoms with Crippen molar-refractivity contribution in [3.05, 3.63) is 72.7 Å². The number of carbonyl (C=O) groups excluding carboxylic acids is 3. The molecule has 1 saturated heterocycles. The average molecular weight is 546 g/mol. The molecule has 2 aromatic rings. The van der Waals surface area contributed by atoms with Gasteiger partial charge >= 0.3 is 5.97 Å². The van der Waals surface area contributed by atoms with Crippen LogP contribution in [0.2, 0.25) is 0 Å². The Morgan fingerprint density at radius 1 is 1.15 bits per heavy atom. The van der Waals surface area contributed by atoms with E-state index in [0.717, 1.165) is 22.0 Å². The van der Waals surface area contributed by atoms with E-state index in [2.05, 4.69) is 34.2 Å². The summed E-state index contributed by atoms with van der Waals surface area (Å²) in [6, 6.07) is 5.73. The van der Waals surface area contributed by atoms with Crippen LogP contribution in [-0.2, 0) is 19.1 Å². The van der Waals surface area contributed by atoms with Gasteiger partial charge in [0.1, 0.15) is 24.2 Å². The van der Waals surface area contributed by atoms with Crippen LogP contribution in [0, 0.1) is 5.41 Å². The molecule has 2 aliphatic heterocycles. The summed E-state index contributed by atoms with van der Waals surface area (Å²) in [4.78, 5) is 44.1. The predicted octanol–water partition coefficient (Wildman–Crippen LogP) is 3.94.